The minimum absolute atomic E-state index is 0.0694. The highest BCUT2D eigenvalue weighted by Crippen LogP contribution is 2.16. The van der Waals surface area contributed by atoms with Gasteiger partial charge in [0.05, 0.1) is 0 Å². The molecule has 0 aromatic heterocycles. The lowest BCUT2D eigenvalue weighted by molar-refractivity contribution is 0.152. The quantitative estimate of drug-likeness (QED) is 0.510. The predicted octanol–water partition coefficient (Wildman–Crippen LogP) is 1.01. The van der Waals surface area contributed by atoms with Crippen molar-refractivity contribution >= 4 is 6.03 Å². The van der Waals surface area contributed by atoms with E-state index in [2.05, 4.69) is 5.92 Å². The Bertz CT molecular complexity index is 230. The van der Waals surface area contributed by atoms with Gasteiger partial charge in [-0.1, -0.05) is 0 Å². The first-order valence-electron chi connectivity index (χ1n) is 4.57. The number of carbonyl (C=O) groups excluding carboxylic acids is 1. The maximum Gasteiger partial charge on any atom is 0.319 e. The van der Waals surface area contributed by atoms with E-state index in [1.54, 1.807) is 19.0 Å². The Morgan fingerprint density at radius 2 is 2.31 bits per heavy atom. The molecule has 1 heterocycles. The van der Waals surface area contributed by atoms with E-state index in [4.69, 9.17) is 6.42 Å². The van der Waals surface area contributed by atoms with E-state index < -0.39 is 0 Å². The Labute approximate surface area is 79.7 Å². The molecule has 1 fully saturated rings. The van der Waals surface area contributed by atoms with Gasteiger partial charge in [0.1, 0.15) is 0 Å². The van der Waals surface area contributed by atoms with Crippen LogP contribution in [0.15, 0.2) is 0 Å². The number of amides is 2. The number of likely N-dealkylation sites (tertiary alicyclic amines) is 1. The first-order chi connectivity index (χ1) is 6.15. The number of piperidine rings is 1. The Hall–Kier alpha value is -1.17. The molecule has 2 amide bonds. The molecule has 0 spiro atoms. The van der Waals surface area contributed by atoms with Crippen LogP contribution in [0.4, 0.5) is 4.79 Å². The van der Waals surface area contributed by atoms with Gasteiger partial charge in [-0.15, -0.1) is 12.3 Å². The summed E-state index contributed by atoms with van der Waals surface area (Å²) < 4.78 is 0. The maximum atomic E-state index is 11.5. The van der Waals surface area contributed by atoms with E-state index in [0.29, 0.717) is 6.54 Å². The van der Waals surface area contributed by atoms with Crippen molar-refractivity contribution < 1.29 is 4.79 Å². The molecule has 1 saturated heterocycles. The zero-order chi connectivity index (χ0) is 9.84. The lowest BCUT2D eigenvalue weighted by atomic mass is 9.99. The van der Waals surface area contributed by atoms with Gasteiger partial charge in [0, 0.05) is 33.1 Å². The van der Waals surface area contributed by atoms with E-state index >= 15 is 0 Å². The number of carbonyl (C=O) groups is 1. The third-order valence-electron chi connectivity index (χ3n) is 2.31. The van der Waals surface area contributed by atoms with Gasteiger partial charge in [-0.2, -0.15) is 0 Å². The van der Waals surface area contributed by atoms with E-state index in [1.165, 1.54) is 0 Å². The SMILES string of the molecule is C#CC1CCCN(C(=O)N(C)C)C1. The summed E-state index contributed by atoms with van der Waals surface area (Å²) in [6, 6.07) is 0.0694. The summed E-state index contributed by atoms with van der Waals surface area (Å²) in [5.74, 6) is 2.96. The Balaban J connectivity index is 2.52. The molecular weight excluding hydrogens is 164 g/mol. The summed E-state index contributed by atoms with van der Waals surface area (Å²) in [5, 5.41) is 0. The summed E-state index contributed by atoms with van der Waals surface area (Å²) in [4.78, 5) is 15.0. The van der Waals surface area contributed by atoms with Gasteiger partial charge < -0.3 is 9.80 Å². The molecule has 0 aliphatic carbocycles. The molecule has 0 saturated carbocycles. The smallest absolute Gasteiger partial charge is 0.319 e. The Morgan fingerprint density at radius 3 is 2.85 bits per heavy atom. The highest BCUT2D eigenvalue weighted by molar-refractivity contribution is 5.73. The number of terminal acetylenes is 1. The van der Waals surface area contributed by atoms with Gasteiger partial charge in [0.15, 0.2) is 0 Å². The van der Waals surface area contributed by atoms with Crippen molar-refractivity contribution in [2.24, 2.45) is 5.92 Å². The van der Waals surface area contributed by atoms with Crippen LogP contribution in [0.5, 0.6) is 0 Å². The molecule has 0 aromatic carbocycles. The number of rotatable bonds is 0. The van der Waals surface area contributed by atoms with E-state index in [-0.39, 0.29) is 11.9 Å². The van der Waals surface area contributed by atoms with Crippen LogP contribution in [-0.4, -0.2) is 43.0 Å². The summed E-state index contributed by atoms with van der Waals surface area (Å²) >= 11 is 0. The molecule has 13 heavy (non-hydrogen) atoms. The second kappa shape index (κ2) is 4.18. The minimum atomic E-state index is 0.0694. The lowest BCUT2D eigenvalue weighted by Crippen LogP contribution is -2.44. The second-order valence-electron chi connectivity index (χ2n) is 3.63. The fourth-order valence-corrected chi connectivity index (χ4v) is 1.57. The van der Waals surface area contributed by atoms with Gasteiger partial charge in [-0.3, -0.25) is 0 Å². The molecule has 1 rings (SSSR count). The molecule has 0 radical (unpaired) electrons. The van der Waals surface area contributed by atoms with Gasteiger partial charge in [-0.25, -0.2) is 4.79 Å². The number of hydrogen-bond donors (Lipinski definition) is 0. The zero-order valence-electron chi connectivity index (χ0n) is 8.29. The van der Waals surface area contributed by atoms with Gasteiger partial charge in [0.25, 0.3) is 0 Å². The largest absolute Gasteiger partial charge is 0.331 e. The highest BCUT2D eigenvalue weighted by atomic mass is 16.2. The number of hydrogen-bond acceptors (Lipinski definition) is 1. The van der Waals surface area contributed by atoms with Crippen LogP contribution in [0.1, 0.15) is 12.8 Å². The van der Waals surface area contributed by atoms with Crippen LogP contribution in [0.25, 0.3) is 0 Å². The van der Waals surface area contributed by atoms with Crippen LogP contribution < -0.4 is 0 Å². The first kappa shape index (κ1) is 9.91. The zero-order valence-corrected chi connectivity index (χ0v) is 8.29. The van der Waals surface area contributed by atoms with E-state index in [9.17, 15) is 4.79 Å². The predicted molar refractivity (Wildman–Crippen MR) is 52.2 cm³/mol. The van der Waals surface area contributed by atoms with Crippen LogP contribution in [0.3, 0.4) is 0 Å². The molecule has 0 bridgehead atoms. The van der Waals surface area contributed by atoms with Crippen LogP contribution in [0, 0.1) is 18.3 Å². The molecule has 1 aliphatic rings. The molecule has 0 aromatic rings. The van der Waals surface area contributed by atoms with Crippen LogP contribution >= 0.6 is 0 Å². The molecular formula is C10H16N2O. The van der Waals surface area contributed by atoms with Crippen molar-refractivity contribution in [2.75, 3.05) is 27.2 Å². The standard InChI is InChI=1S/C10H16N2O/c1-4-9-6-5-7-12(8-9)10(13)11(2)3/h1,9H,5-8H2,2-3H3. The van der Waals surface area contributed by atoms with E-state index in [0.717, 1.165) is 19.4 Å². The van der Waals surface area contributed by atoms with Gasteiger partial charge in [-0.05, 0) is 12.8 Å². The summed E-state index contributed by atoms with van der Waals surface area (Å²) in [5.41, 5.74) is 0. The average molecular weight is 180 g/mol. The van der Waals surface area contributed by atoms with Crippen molar-refractivity contribution in [3.63, 3.8) is 0 Å². The van der Waals surface area contributed by atoms with Crippen molar-refractivity contribution in [2.45, 2.75) is 12.8 Å². The molecule has 3 heteroatoms. The number of urea groups is 1. The van der Waals surface area contributed by atoms with Gasteiger partial charge >= 0.3 is 6.03 Å². The van der Waals surface area contributed by atoms with Crippen molar-refractivity contribution in [1.82, 2.24) is 9.80 Å². The van der Waals surface area contributed by atoms with Gasteiger partial charge in [0.2, 0.25) is 0 Å². The maximum absolute atomic E-state index is 11.5. The molecule has 1 unspecified atom stereocenters. The fraction of sp³-hybridized carbons (Fsp3) is 0.700. The van der Waals surface area contributed by atoms with Crippen LogP contribution in [0.2, 0.25) is 0 Å². The Morgan fingerprint density at radius 1 is 1.62 bits per heavy atom. The normalized spacial score (nSPS) is 22.2. The summed E-state index contributed by atoms with van der Waals surface area (Å²) in [7, 11) is 3.53. The molecule has 3 nitrogen and oxygen atoms in total. The lowest BCUT2D eigenvalue weighted by Gasteiger charge is -2.32. The minimum Gasteiger partial charge on any atom is -0.331 e. The van der Waals surface area contributed by atoms with Crippen molar-refractivity contribution in [3.05, 3.63) is 0 Å². The molecule has 0 N–H and O–H groups in total. The van der Waals surface area contributed by atoms with E-state index in [1.807, 2.05) is 4.90 Å². The highest BCUT2D eigenvalue weighted by Gasteiger charge is 2.22. The second-order valence-corrected chi connectivity index (χ2v) is 3.63. The third-order valence-corrected chi connectivity index (χ3v) is 2.31. The fourth-order valence-electron chi connectivity index (χ4n) is 1.57. The summed E-state index contributed by atoms with van der Waals surface area (Å²) in [6.45, 7) is 1.56. The molecule has 1 aliphatic heterocycles. The van der Waals surface area contributed by atoms with Crippen molar-refractivity contribution in [1.29, 1.82) is 0 Å². The first-order valence-corrected chi connectivity index (χ1v) is 4.57. The third kappa shape index (κ3) is 2.38. The van der Waals surface area contributed by atoms with Crippen LogP contribution in [-0.2, 0) is 0 Å². The number of nitrogens with zero attached hydrogens (tertiary/aromatic N) is 2. The average Bonchev–Trinajstić information content (AvgIpc) is 2.16. The Kier molecular flexibility index (Phi) is 3.18. The summed E-state index contributed by atoms with van der Waals surface area (Å²) in [6.07, 6.45) is 7.41. The molecule has 1 atom stereocenters. The molecule has 72 valence electrons. The topological polar surface area (TPSA) is 23.6 Å². The van der Waals surface area contributed by atoms with Crippen molar-refractivity contribution in [3.8, 4) is 12.3 Å². The monoisotopic (exact) mass is 180 g/mol.